The lowest BCUT2D eigenvalue weighted by molar-refractivity contribution is 0.140. The first-order valence-electron chi connectivity index (χ1n) is 9.77. The molecule has 0 bridgehead atoms. The van der Waals surface area contributed by atoms with E-state index < -0.39 is 0 Å². The first-order valence-corrected chi connectivity index (χ1v) is 9.77. The van der Waals surface area contributed by atoms with E-state index in [1.807, 2.05) is 18.5 Å². The zero-order valence-corrected chi connectivity index (χ0v) is 15.6. The number of aryl methyl sites for hydroxylation is 1. The van der Waals surface area contributed by atoms with Gasteiger partial charge in [-0.2, -0.15) is 0 Å². The molecule has 1 aliphatic carbocycles. The Balaban J connectivity index is 1.36. The van der Waals surface area contributed by atoms with E-state index in [0.29, 0.717) is 5.92 Å². The van der Waals surface area contributed by atoms with Crippen molar-refractivity contribution in [2.45, 2.75) is 45.6 Å². The molecule has 5 nitrogen and oxygen atoms in total. The molecule has 1 fully saturated rings. The number of rotatable bonds is 4. The van der Waals surface area contributed by atoms with Gasteiger partial charge in [0.15, 0.2) is 0 Å². The third-order valence-corrected chi connectivity index (χ3v) is 6.01. The number of benzene rings is 1. The molecule has 2 amide bonds. The van der Waals surface area contributed by atoms with Crippen molar-refractivity contribution in [2.75, 3.05) is 6.54 Å². The van der Waals surface area contributed by atoms with Gasteiger partial charge >= 0.3 is 6.03 Å². The number of carbonyl (C=O) groups is 1. The Morgan fingerprint density at radius 2 is 2.12 bits per heavy atom. The number of fused-ring (bicyclic) bond motifs is 3. The number of imidazole rings is 1. The second kappa shape index (κ2) is 7.14. The lowest BCUT2D eigenvalue weighted by Crippen LogP contribution is -2.43. The molecule has 138 valence electrons. The van der Waals surface area contributed by atoms with Gasteiger partial charge < -0.3 is 15.2 Å². The summed E-state index contributed by atoms with van der Waals surface area (Å²) in [6, 6.07) is 8.24. The molecule has 0 radical (unpaired) electrons. The Kier molecular flexibility index (Phi) is 4.70. The predicted molar refractivity (Wildman–Crippen MR) is 102 cm³/mol. The van der Waals surface area contributed by atoms with Gasteiger partial charge in [0.2, 0.25) is 0 Å². The molecule has 1 atom stereocenters. The molecule has 5 heteroatoms. The highest BCUT2D eigenvalue weighted by Crippen LogP contribution is 2.38. The van der Waals surface area contributed by atoms with Gasteiger partial charge in [-0.15, -0.1) is 0 Å². The molecule has 0 spiro atoms. The Labute approximate surface area is 155 Å². The third kappa shape index (κ3) is 3.35. The number of carbonyl (C=O) groups excluding carboxylic acids is 1. The normalized spacial score (nSPS) is 24.2. The van der Waals surface area contributed by atoms with Crippen LogP contribution in [-0.4, -0.2) is 22.1 Å². The smallest absolute Gasteiger partial charge is 0.315 e. The fraction of sp³-hybridized carbons (Fsp3) is 0.524. The van der Waals surface area contributed by atoms with Gasteiger partial charge in [-0.25, -0.2) is 9.78 Å². The average molecular weight is 352 g/mol. The van der Waals surface area contributed by atoms with Crippen LogP contribution < -0.4 is 10.6 Å². The van der Waals surface area contributed by atoms with Gasteiger partial charge in [-0.3, -0.25) is 0 Å². The highest BCUT2D eigenvalue weighted by molar-refractivity contribution is 5.74. The van der Waals surface area contributed by atoms with Gasteiger partial charge in [-0.05, 0) is 55.1 Å². The van der Waals surface area contributed by atoms with E-state index in [0.717, 1.165) is 37.0 Å². The van der Waals surface area contributed by atoms with E-state index in [-0.39, 0.29) is 12.1 Å². The summed E-state index contributed by atoms with van der Waals surface area (Å²) in [7, 11) is 0. The molecule has 2 aromatic rings. The Morgan fingerprint density at radius 3 is 2.92 bits per heavy atom. The number of nitrogens with zero attached hydrogens (tertiary/aromatic N) is 2. The summed E-state index contributed by atoms with van der Waals surface area (Å²) in [4.78, 5) is 17.0. The number of hydrogen-bond acceptors (Lipinski definition) is 2. The number of aromatic nitrogens is 2. The molecular formula is C21H28N4O. The summed E-state index contributed by atoms with van der Waals surface area (Å²) in [5, 5.41) is 6.21. The van der Waals surface area contributed by atoms with E-state index in [1.165, 1.54) is 24.1 Å². The summed E-state index contributed by atoms with van der Waals surface area (Å²) >= 11 is 0. The molecule has 1 unspecified atom stereocenters. The van der Waals surface area contributed by atoms with Gasteiger partial charge in [0, 0.05) is 24.6 Å². The number of urea groups is 1. The fourth-order valence-corrected chi connectivity index (χ4v) is 4.24. The maximum Gasteiger partial charge on any atom is 0.315 e. The molecule has 2 N–H and O–H groups in total. The highest BCUT2D eigenvalue weighted by atomic mass is 16.2. The average Bonchev–Trinajstić information content (AvgIpc) is 3.01. The summed E-state index contributed by atoms with van der Waals surface area (Å²) in [6.45, 7) is 5.34. The second-order valence-electron chi connectivity index (χ2n) is 8.07. The van der Waals surface area contributed by atoms with Crippen LogP contribution in [0.15, 0.2) is 36.7 Å². The van der Waals surface area contributed by atoms with Crippen molar-refractivity contribution < 1.29 is 4.79 Å². The van der Waals surface area contributed by atoms with Crippen molar-refractivity contribution >= 4 is 6.03 Å². The number of hydrogen-bond donors (Lipinski definition) is 2. The first-order chi connectivity index (χ1) is 12.6. The summed E-state index contributed by atoms with van der Waals surface area (Å²) in [5.41, 5.74) is 2.46. The molecule has 1 saturated carbocycles. The minimum absolute atomic E-state index is 0.0674. The fourth-order valence-electron chi connectivity index (χ4n) is 4.24. The zero-order valence-electron chi connectivity index (χ0n) is 15.6. The SMILES string of the molecule is CC(C)C1CC(CNC(=O)NC2CCc3ccccc3-n3ccnc32)C1. The van der Waals surface area contributed by atoms with E-state index in [1.54, 1.807) is 0 Å². The van der Waals surface area contributed by atoms with Crippen molar-refractivity contribution in [3.63, 3.8) is 0 Å². The van der Waals surface area contributed by atoms with Gasteiger partial charge in [-0.1, -0.05) is 32.0 Å². The van der Waals surface area contributed by atoms with Crippen molar-refractivity contribution in [3.05, 3.63) is 48.0 Å². The Morgan fingerprint density at radius 1 is 1.31 bits per heavy atom. The largest absolute Gasteiger partial charge is 0.338 e. The Bertz CT molecular complexity index is 776. The molecule has 1 aromatic carbocycles. The van der Waals surface area contributed by atoms with Crippen molar-refractivity contribution in [1.29, 1.82) is 0 Å². The maximum absolute atomic E-state index is 12.4. The van der Waals surface area contributed by atoms with E-state index >= 15 is 0 Å². The van der Waals surface area contributed by atoms with Crippen LogP contribution in [0.2, 0.25) is 0 Å². The van der Waals surface area contributed by atoms with Crippen LogP contribution >= 0.6 is 0 Å². The molecule has 2 heterocycles. The van der Waals surface area contributed by atoms with Gasteiger partial charge in [0.1, 0.15) is 5.82 Å². The maximum atomic E-state index is 12.4. The topological polar surface area (TPSA) is 59.0 Å². The molecule has 26 heavy (non-hydrogen) atoms. The molecule has 1 aromatic heterocycles. The predicted octanol–water partition coefficient (Wildman–Crippen LogP) is 3.84. The van der Waals surface area contributed by atoms with Gasteiger partial charge in [0.25, 0.3) is 0 Å². The molecule has 1 aliphatic heterocycles. The van der Waals surface area contributed by atoms with E-state index in [4.69, 9.17) is 0 Å². The summed E-state index contributed by atoms with van der Waals surface area (Å²) in [6.07, 6.45) is 8.06. The minimum Gasteiger partial charge on any atom is -0.338 e. The summed E-state index contributed by atoms with van der Waals surface area (Å²) < 4.78 is 2.10. The number of amides is 2. The third-order valence-electron chi connectivity index (χ3n) is 6.01. The number of nitrogens with one attached hydrogen (secondary N) is 2. The Hall–Kier alpha value is -2.30. The first kappa shape index (κ1) is 17.1. The van der Waals surface area contributed by atoms with Crippen molar-refractivity contribution in [3.8, 4) is 5.69 Å². The lowest BCUT2D eigenvalue weighted by atomic mass is 9.69. The van der Waals surface area contributed by atoms with E-state index in [9.17, 15) is 4.79 Å². The molecule has 0 saturated heterocycles. The van der Waals surface area contributed by atoms with Crippen LogP contribution in [0, 0.1) is 17.8 Å². The van der Waals surface area contributed by atoms with Crippen LogP contribution in [-0.2, 0) is 6.42 Å². The quantitative estimate of drug-likeness (QED) is 0.878. The minimum atomic E-state index is -0.0801. The standard InChI is InChI=1S/C21H28N4O/c1-14(2)17-11-15(12-17)13-23-21(26)24-18-8-7-16-5-3-4-6-19(16)25-10-9-22-20(18)25/h3-6,9-10,14-15,17-18H,7-8,11-13H2,1-2H3,(H2,23,24,26). The van der Waals surface area contributed by atoms with Crippen LogP contribution in [0.5, 0.6) is 0 Å². The lowest BCUT2D eigenvalue weighted by Gasteiger charge is -2.38. The highest BCUT2D eigenvalue weighted by Gasteiger charge is 2.31. The number of para-hydroxylation sites is 1. The van der Waals surface area contributed by atoms with Crippen LogP contribution in [0.25, 0.3) is 5.69 Å². The van der Waals surface area contributed by atoms with Crippen LogP contribution in [0.1, 0.15) is 50.5 Å². The van der Waals surface area contributed by atoms with Crippen LogP contribution in [0.4, 0.5) is 4.79 Å². The van der Waals surface area contributed by atoms with E-state index in [2.05, 4.69) is 52.2 Å². The zero-order chi connectivity index (χ0) is 18.1. The summed E-state index contributed by atoms with van der Waals surface area (Å²) in [5.74, 6) is 3.13. The van der Waals surface area contributed by atoms with Crippen molar-refractivity contribution in [1.82, 2.24) is 20.2 Å². The monoisotopic (exact) mass is 352 g/mol. The van der Waals surface area contributed by atoms with Gasteiger partial charge in [0.05, 0.1) is 6.04 Å². The van der Waals surface area contributed by atoms with Crippen LogP contribution in [0.3, 0.4) is 0 Å². The molecule has 4 rings (SSSR count). The molecule has 2 aliphatic rings. The van der Waals surface area contributed by atoms with Crippen molar-refractivity contribution in [2.24, 2.45) is 17.8 Å². The molecular weight excluding hydrogens is 324 g/mol. The second-order valence-corrected chi connectivity index (χ2v) is 8.07.